The fraction of sp³-hybridized carbons (Fsp3) is 0.417. The predicted molar refractivity (Wildman–Crippen MR) is 135 cm³/mol. The number of nitrogens with one attached hydrogen (secondary N) is 1. The number of aryl methyl sites for hydroxylation is 1. The molecule has 2 aromatic heterocycles. The fourth-order valence-corrected chi connectivity index (χ4v) is 4.60. The molecule has 0 atom stereocenters. The van der Waals surface area contributed by atoms with Gasteiger partial charge in [-0.3, -0.25) is 18.7 Å². The molecule has 0 saturated heterocycles. The summed E-state index contributed by atoms with van der Waals surface area (Å²) >= 11 is 0. The van der Waals surface area contributed by atoms with Crippen LogP contribution in [0.3, 0.4) is 0 Å². The van der Waals surface area contributed by atoms with Gasteiger partial charge in [-0.15, -0.1) is 0 Å². The number of methoxy groups -OCH3 is 1. The fourth-order valence-electron chi connectivity index (χ4n) is 3.76. The van der Waals surface area contributed by atoms with E-state index in [4.69, 9.17) is 9.47 Å². The third kappa shape index (κ3) is 5.60. The Hall–Kier alpha value is -3.89. The zero-order chi connectivity index (χ0) is 26.9. The number of hydrogen-bond donors (Lipinski definition) is 1. The molecule has 1 saturated carbocycles. The third-order valence-electron chi connectivity index (χ3n) is 5.80. The van der Waals surface area contributed by atoms with E-state index in [2.05, 4.69) is 22.1 Å². The van der Waals surface area contributed by atoms with Crippen molar-refractivity contribution in [1.82, 2.24) is 18.7 Å². The smallest absolute Gasteiger partial charge is 0.333 e. The molecular formula is C24H27N5O7S. The number of ether oxygens (including phenoxy) is 2. The van der Waals surface area contributed by atoms with E-state index in [9.17, 15) is 22.8 Å². The van der Waals surface area contributed by atoms with Gasteiger partial charge in [0, 0.05) is 50.7 Å². The molecule has 1 fully saturated rings. The SMILES string of the molecule is COCCOc1cc(C#CCn2c(=O)n(C)c(=O)c3c2nc(S(C)(=O)=O)n3C)cc(NC(=O)C2CC2)c1. The molecule has 196 valence electrons. The molecule has 12 nitrogen and oxygen atoms in total. The molecule has 13 heteroatoms. The van der Waals surface area contributed by atoms with Gasteiger partial charge in [0.2, 0.25) is 20.9 Å². The molecule has 3 aromatic rings. The number of sulfone groups is 1. The Kier molecular flexibility index (Phi) is 7.24. The summed E-state index contributed by atoms with van der Waals surface area (Å²) in [6, 6.07) is 5.08. The van der Waals surface area contributed by atoms with E-state index in [-0.39, 0.29) is 34.7 Å². The Morgan fingerprint density at radius 1 is 1.16 bits per heavy atom. The Labute approximate surface area is 212 Å². The second-order valence-electron chi connectivity index (χ2n) is 8.78. The van der Waals surface area contributed by atoms with Gasteiger partial charge in [-0.1, -0.05) is 11.8 Å². The summed E-state index contributed by atoms with van der Waals surface area (Å²) < 4.78 is 38.2. The standard InChI is InChI=1S/C24H27N5O7S/c1-27-19-20(26-23(27)37(4,33)34)29(24(32)28(2)22(19)31)9-5-6-15-12-17(25-21(30)16-7-8-16)14-18(13-15)36-11-10-35-3/h12-14,16H,7-11H2,1-4H3,(H,25,30). The number of carbonyl (C=O) groups is 1. The van der Waals surface area contributed by atoms with Crippen LogP contribution in [-0.2, 0) is 40.0 Å². The zero-order valence-electron chi connectivity index (χ0n) is 20.9. The van der Waals surface area contributed by atoms with Crippen molar-refractivity contribution in [3.8, 4) is 17.6 Å². The highest BCUT2D eigenvalue weighted by Crippen LogP contribution is 2.31. The van der Waals surface area contributed by atoms with E-state index in [0.717, 1.165) is 32.8 Å². The number of fused-ring (bicyclic) bond motifs is 1. The molecule has 0 spiro atoms. The normalized spacial score (nSPS) is 13.3. The Morgan fingerprint density at radius 3 is 2.54 bits per heavy atom. The second-order valence-corrected chi connectivity index (χ2v) is 10.7. The van der Waals surface area contributed by atoms with Gasteiger partial charge >= 0.3 is 5.69 Å². The lowest BCUT2D eigenvalue weighted by molar-refractivity contribution is -0.117. The van der Waals surface area contributed by atoms with Gasteiger partial charge in [0.05, 0.1) is 13.2 Å². The highest BCUT2D eigenvalue weighted by atomic mass is 32.2. The van der Waals surface area contributed by atoms with Crippen LogP contribution < -0.4 is 21.3 Å². The molecule has 1 aromatic carbocycles. The summed E-state index contributed by atoms with van der Waals surface area (Å²) in [5, 5.41) is 2.54. The number of benzene rings is 1. The first-order valence-corrected chi connectivity index (χ1v) is 13.3. The lowest BCUT2D eigenvalue weighted by Gasteiger charge is -2.10. The summed E-state index contributed by atoms with van der Waals surface area (Å²) in [7, 11) is 0.512. The summed E-state index contributed by atoms with van der Waals surface area (Å²) in [6.07, 6.45) is 2.70. The molecule has 0 aliphatic heterocycles. The van der Waals surface area contributed by atoms with Crippen LogP contribution in [0.15, 0.2) is 32.9 Å². The number of rotatable bonds is 8. The van der Waals surface area contributed by atoms with Crippen LogP contribution in [0.2, 0.25) is 0 Å². The van der Waals surface area contributed by atoms with E-state index in [0.29, 0.717) is 30.2 Å². The molecule has 1 aliphatic rings. The summed E-state index contributed by atoms with van der Waals surface area (Å²) in [5.41, 5.74) is -0.388. The molecule has 1 N–H and O–H groups in total. The number of hydrogen-bond acceptors (Lipinski definition) is 8. The minimum absolute atomic E-state index is 0.0156. The van der Waals surface area contributed by atoms with Gasteiger partial charge in [-0.2, -0.15) is 4.98 Å². The lowest BCUT2D eigenvalue weighted by Crippen LogP contribution is -2.38. The van der Waals surface area contributed by atoms with Crippen molar-refractivity contribution < 1.29 is 22.7 Å². The number of anilines is 1. The van der Waals surface area contributed by atoms with Crippen LogP contribution in [0.4, 0.5) is 5.69 Å². The van der Waals surface area contributed by atoms with E-state index >= 15 is 0 Å². The average molecular weight is 530 g/mol. The minimum Gasteiger partial charge on any atom is -0.491 e. The number of aromatic nitrogens is 4. The van der Waals surface area contributed by atoms with Crippen molar-refractivity contribution in [2.45, 2.75) is 24.5 Å². The lowest BCUT2D eigenvalue weighted by atomic mass is 10.2. The first-order chi connectivity index (χ1) is 17.5. The van der Waals surface area contributed by atoms with Crippen LogP contribution in [0.1, 0.15) is 18.4 Å². The number of carbonyl (C=O) groups excluding carboxylic acids is 1. The number of amides is 1. The van der Waals surface area contributed by atoms with E-state index in [1.54, 1.807) is 25.3 Å². The molecular weight excluding hydrogens is 502 g/mol. The van der Waals surface area contributed by atoms with E-state index in [1.807, 2.05) is 0 Å². The summed E-state index contributed by atoms with van der Waals surface area (Å²) in [5.74, 6) is 6.26. The maximum Gasteiger partial charge on any atom is 0.333 e. The first kappa shape index (κ1) is 26.2. The van der Waals surface area contributed by atoms with Crippen molar-refractivity contribution >= 4 is 32.6 Å². The quantitative estimate of drug-likeness (QED) is 0.323. The van der Waals surface area contributed by atoms with E-state index in [1.165, 1.54) is 14.1 Å². The van der Waals surface area contributed by atoms with Crippen molar-refractivity contribution in [2.75, 3.05) is 31.9 Å². The average Bonchev–Trinajstić information content (AvgIpc) is 3.62. The first-order valence-electron chi connectivity index (χ1n) is 11.4. The van der Waals surface area contributed by atoms with Gasteiger partial charge in [-0.05, 0) is 25.0 Å². The number of nitrogens with zero attached hydrogens (tertiary/aromatic N) is 4. The topological polar surface area (TPSA) is 144 Å². The Morgan fingerprint density at radius 2 is 1.89 bits per heavy atom. The molecule has 0 unspecified atom stereocenters. The zero-order valence-corrected chi connectivity index (χ0v) is 21.7. The molecule has 1 amide bonds. The van der Waals surface area contributed by atoms with Crippen LogP contribution in [0.25, 0.3) is 11.2 Å². The van der Waals surface area contributed by atoms with Gasteiger partial charge in [0.15, 0.2) is 11.2 Å². The van der Waals surface area contributed by atoms with Gasteiger partial charge < -0.3 is 19.4 Å². The molecule has 4 rings (SSSR count). The summed E-state index contributed by atoms with van der Waals surface area (Å²) in [4.78, 5) is 41.9. The molecule has 0 radical (unpaired) electrons. The highest BCUT2D eigenvalue weighted by molar-refractivity contribution is 7.90. The van der Waals surface area contributed by atoms with Crippen molar-refractivity contribution in [2.24, 2.45) is 20.0 Å². The van der Waals surface area contributed by atoms with Crippen molar-refractivity contribution in [3.63, 3.8) is 0 Å². The van der Waals surface area contributed by atoms with Crippen LogP contribution in [0, 0.1) is 17.8 Å². The molecule has 37 heavy (non-hydrogen) atoms. The number of imidazole rings is 1. The Bertz CT molecular complexity index is 1670. The summed E-state index contributed by atoms with van der Waals surface area (Å²) in [6.45, 7) is 0.518. The second kappa shape index (κ2) is 10.2. The van der Waals surface area contributed by atoms with Gasteiger partial charge in [0.25, 0.3) is 5.56 Å². The molecule has 1 aliphatic carbocycles. The monoisotopic (exact) mass is 529 g/mol. The predicted octanol–water partition coefficient (Wildman–Crippen LogP) is 0.263. The molecule has 2 heterocycles. The van der Waals surface area contributed by atoms with Crippen molar-refractivity contribution in [3.05, 3.63) is 44.6 Å². The largest absolute Gasteiger partial charge is 0.491 e. The van der Waals surface area contributed by atoms with Crippen LogP contribution in [-0.4, -0.2) is 59.6 Å². The third-order valence-corrected chi connectivity index (χ3v) is 6.82. The van der Waals surface area contributed by atoms with E-state index < -0.39 is 21.1 Å². The maximum absolute atomic E-state index is 12.8. The van der Waals surface area contributed by atoms with Crippen molar-refractivity contribution in [1.29, 1.82) is 0 Å². The highest BCUT2D eigenvalue weighted by Gasteiger charge is 2.29. The molecule has 0 bridgehead atoms. The Balaban J connectivity index is 1.71. The van der Waals surface area contributed by atoms with Crippen LogP contribution >= 0.6 is 0 Å². The minimum atomic E-state index is -3.75. The van der Waals surface area contributed by atoms with Gasteiger partial charge in [-0.25, -0.2) is 13.2 Å². The van der Waals surface area contributed by atoms with Gasteiger partial charge in [0.1, 0.15) is 12.4 Å². The maximum atomic E-state index is 12.8. The van der Waals surface area contributed by atoms with Crippen LogP contribution in [0.5, 0.6) is 5.75 Å².